The van der Waals surface area contributed by atoms with E-state index in [1.165, 1.54) is 0 Å². The second-order valence-corrected chi connectivity index (χ2v) is 11.6. The molecule has 2 unspecified atom stereocenters. The van der Waals surface area contributed by atoms with E-state index in [9.17, 15) is 14.4 Å². The first-order valence-corrected chi connectivity index (χ1v) is 14.2. The highest BCUT2D eigenvalue weighted by Crippen LogP contribution is 2.37. The average Bonchev–Trinajstić information content (AvgIpc) is 3.69. The Balaban J connectivity index is 1.98. The van der Waals surface area contributed by atoms with Gasteiger partial charge >= 0.3 is 6.09 Å². The number of nitrogens with one attached hydrogen (secondary N) is 2. The molecule has 3 amide bonds. The number of rotatable bonds is 12. The van der Waals surface area contributed by atoms with Crippen LogP contribution in [-0.4, -0.2) is 47.0 Å². The fraction of sp³-hybridized carbons (Fsp3) is 0.531. The van der Waals surface area contributed by atoms with E-state index in [2.05, 4.69) is 17.6 Å². The quantitative estimate of drug-likeness (QED) is 0.337. The minimum Gasteiger partial charge on any atom is -0.444 e. The standard InChI is InChI=1S/C32H45N3O4/c1-7-8-12-19-33-29(36)28(26-18-15-22(2)20-23(26)3)35(25-16-17-25)30(37)27(21-24-13-10-9-11-14-24)34-31(38)39-32(4,5)6/h9-11,13-15,18,20,25,27-28H,7-8,12,16-17,19,21H2,1-6H3,(H,33,36)(H,34,38). The number of benzene rings is 2. The van der Waals surface area contributed by atoms with Crippen LogP contribution in [0.15, 0.2) is 48.5 Å². The van der Waals surface area contributed by atoms with Gasteiger partial charge in [0.1, 0.15) is 17.7 Å². The SMILES string of the molecule is CCCCCNC(=O)C(c1ccc(C)cc1C)N(C(=O)C(Cc1ccccc1)NC(=O)OC(C)(C)C)C1CC1. The van der Waals surface area contributed by atoms with Gasteiger partial charge in [0.05, 0.1) is 0 Å². The summed E-state index contributed by atoms with van der Waals surface area (Å²) in [6.07, 6.45) is 4.25. The third kappa shape index (κ3) is 9.12. The number of carbonyl (C=O) groups excluding carboxylic acids is 3. The Morgan fingerprint density at radius 1 is 1.03 bits per heavy atom. The van der Waals surface area contributed by atoms with Crippen LogP contribution in [0, 0.1) is 13.8 Å². The lowest BCUT2D eigenvalue weighted by molar-refractivity contribution is -0.143. The molecule has 0 heterocycles. The lowest BCUT2D eigenvalue weighted by Crippen LogP contribution is -2.54. The predicted octanol–water partition coefficient (Wildman–Crippen LogP) is 5.78. The van der Waals surface area contributed by atoms with Gasteiger partial charge < -0.3 is 20.3 Å². The van der Waals surface area contributed by atoms with Gasteiger partial charge in [0, 0.05) is 19.0 Å². The number of alkyl carbamates (subject to hydrolysis) is 1. The number of carbonyl (C=O) groups is 3. The molecule has 2 atom stereocenters. The van der Waals surface area contributed by atoms with E-state index >= 15 is 0 Å². The van der Waals surface area contributed by atoms with Gasteiger partial charge in [0.15, 0.2) is 0 Å². The van der Waals surface area contributed by atoms with Crippen molar-refractivity contribution in [1.82, 2.24) is 15.5 Å². The summed E-state index contributed by atoms with van der Waals surface area (Å²) >= 11 is 0. The molecule has 212 valence electrons. The Kier molecular flexibility index (Phi) is 10.6. The van der Waals surface area contributed by atoms with Crippen molar-refractivity contribution in [1.29, 1.82) is 0 Å². The molecule has 7 heteroatoms. The maximum absolute atomic E-state index is 14.4. The molecule has 7 nitrogen and oxygen atoms in total. The Hall–Kier alpha value is -3.35. The van der Waals surface area contributed by atoms with Crippen LogP contribution in [0.5, 0.6) is 0 Å². The summed E-state index contributed by atoms with van der Waals surface area (Å²) in [6.45, 7) is 12.0. The molecular formula is C32H45N3O4. The van der Waals surface area contributed by atoms with E-state index in [4.69, 9.17) is 4.74 Å². The van der Waals surface area contributed by atoms with Gasteiger partial charge in [-0.1, -0.05) is 73.9 Å². The van der Waals surface area contributed by atoms with E-state index in [1.807, 2.05) is 62.4 Å². The lowest BCUT2D eigenvalue weighted by atomic mass is 9.95. The maximum atomic E-state index is 14.4. The van der Waals surface area contributed by atoms with Crippen LogP contribution in [0.4, 0.5) is 4.79 Å². The lowest BCUT2D eigenvalue weighted by Gasteiger charge is -2.35. The van der Waals surface area contributed by atoms with Gasteiger partial charge in [-0.05, 0) is 70.6 Å². The summed E-state index contributed by atoms with van der Waals surface area (Å²) in [7, 11) is 0. The molecule has 2 N–H and O–H groups in total. The van der Waals surface area contributed by atoms with Crippen molar-refractivity contribution in [2.45, 2.75) is 104 Å². The maximum Gasteiger partial charge on any atom is 0.408 e. The molecule has 1 aliphatic rings. The number of hydrogen-bond acceptors (Lipinski definition) is 4. The minimum absolute atomic E-state index is 0.0664. The number of unbranched alkanes of at least 4 members (excludes halogenated alkanes) is 2. The fourth-order valence-electron chi connectivity index (χ4n) is 4.78. The van der Waals surface area contributed by atoms with Crippen molar-refractivity contribution in [3.8, 4) is 0 Å². The van der Waals surface area contributed by atoms with Crippen molar-refractivity contribution < 1.29 is 19.1 Å². The van der Waals surface area contributed by atoms with E-state index in [-0.39, 0.29) is 17.9 Å². The monoisotopic (exact) mass is 535 g/mol. The molecule has 0 aromatic heterocycles. The highest BCUT2D eigenvalue weighted by Gasteiger charge is 2.44. The van der Waals surface area contributed by atoms with Crippen molar-refractivity contribution in [2.75, 3.05) is 6.54 Å². The predicted molar refractivity (Wildman–Crippen MR) is 154 cm³/mol. The zero-order valence-corrected chi connectivity index (χ0v) is 24.4. The van der Waals surface area contributed by atoms with Crippen LogP contribution < -0.4 is 10.6 Å². The highest BCUT2D eigenvalue weighted by molar-refractivity contribution is 5.93. The van der Waals surface area contributed by atoms with Crippen LogP contribution in [0.25, 0.3) is 0 Å². The van der Waals surface area contributed by atoms with Crippen LogP contribution in [-0.2, 0) is 20.7 Å². The minimum atomic E-state index is -0.885. The smallest absolute Gasteiger partial charge is 0.408 e. The molecule has 0 saturated heterocycles. The number of ether oxygens (including phenoxy) is 1. The highest BCUT2D eigenvalue weighted by atomic mass is 16.6. The van der Waals surface area contributed by atoms with E-state index in [0.717, 1.165) is 54.4 Å². The molecule has 0 aliphatic heterocycles. The van der Waals surface area contributed by atoms with Crippen LogP contribution in [0.1, 0.15) is 88.1 Å². The second kappa shape index (κ2) is 13.6. The summed E-state index contributed by atoms with van der Waals surface area (Å²) in [5.41, 5.74) is 3.07. The molecular weight excluding hydrogens is 490 g/mol. The average molecular weight is 536 g/mol. The number of nitrogens with zero attached hydrogens (tertiary/aromatic N) is 1. The summed E-state index contributed by atoms with van der Waals surface area (Å²) in [5.74, 6) is -0.463. The molecule has 2 aromatic carbocycles. The van der Waals surface area contributed by atoms with Crippen LogP contribution in [0.3, 0.4) is 0 Å². The molecule has 1 fully saturated rings. The molecule has 3 rings (SSSR count). The Bertz CT molecular complexity index is 1120. The molecule has 2 aromatic rings. The summed E-state index contributed by atoms with van der Waals surface area (Å²) in [4.78, 5) is 42.8. The Morgan fingerprint density at radius 2 is 1.72 bits per heavy atom. The topological polar surface area (TPSA) is 87.7 Å². The third-order valence-electron chi connectivity index (χ3n) is 6.79. The van der Waals surface area contributed by atoms with Gasteiger partial charge in [-0.25, -0.2) is 4.79 Å². The molecule has 0 radical (unpaired) electrons. The number of hydrogen-bond donors (Lipinski definition) is 2. The Morgan fingerprint density at radius 3 is 2.31 bits per heavy atom. The van der Waals surface area contributed by atoms with Gasteiger partial charge in [0.25, 0.3) is 0 Å². The van der Waals surface area contributed by atoms with Crippen molar-refractivity contribution in [3.05, 3.63) is 70.8 Å². The zero-order valence-electron chi connectivity index (χ0n) is 24.4. The summed E-state index contributed by atoms with van der Waals surface area (Å²) in [5, 5.41) is 5.92. The van der Waals surface area contributed by atoms with Crippen LogP contribution in [0.2, 0.25) is 0 Å². The van der Waals surface area contributed by atoms with E-state index in [1.54, 1.807) is 25.7 Å². The van der Waals surface area contributed by atoms with Crippen molar-refractivity contribution >= 4 is 17.9 Å². The second-order valence-electron chi connectivity index (χ2n) is 11.6. The van der Waals surface area contributed by atoms with Gasteiger partial charge in [-0.15, -0.1) is 0 Å². The first-order chi connectivity index (χ1) is 18.5. The third-order valence-corrected chi connectivity index (χ3v) is 6.79. The van der Waals surface area contributed by atoms with Gasteiger partial charge in [-0.2, -0.15) is 0 Å². The van der Waals surface area contributed by atoms with Gasteiger partial charge in [-0.3, -0.25) is 9.59 Å². The van der Waals surface area contributed by atoms with E-state index < -0.39 is 23.8 Å². The number of aryl methyl sites for hydroxylation is 2. The van der Waals surface area contributed by atoms with Crippen molar-refractivity contribution in [2.24, 2.45) is 0 Å². The first kappa shape index (κ1) is 30.2. The van der Waals surface area contributed by atoms with Gasteiger partial charge in [0.2, 0.25) is 11.8 Å². The molecule has 1 saturated carbocycles. The fourth-order valence-corrected chi connectivity index (χ4v) is 4.78. The molecule has 39 heavy (non-hydrogen) atoms. The normalized spacial score (nSPS) is 14.7. The summed E-state index contributed by atoms with van der Waals surface area (Å²) in [6, 6.07) is 13.8. The molecule has 0 spiro atoms. The van der Waals surface area contributed by atoms with E-state index in [0.29, 0.717) is 13.0 Å². The molecule has 0 bridgehead atoms. The first-order valence-electron chi connectivity index (χ1n) is 14.2. The van der Waals surface area contributed by atoms with Crippen molar-refractivity contribution in [3.63, 3.8) is 0 Å². The number of amides is 3. The zero-order chi connectivity index (χ0) is 28.6. The largest absolute Gasteiger partial charge is 0.444 e. The molecule has 1 aliphatic carbocycles. The van der Waals surface area contributed by atoms with Crippen LogP contribution >= 0.6 is 0 Å². The Labute approximate surface area is 233 Å². The summed E-state index contributed by atoms with van der Waals surface area (Å²) < 4.78 is 5.51.